The number of halogens is 4. The van der Waals surface area contributed by atoms with Gasteiger partial charge in [0.1, 0.15) is 23.3 Å². The van der Waals surface area contributed by atoms with Crippen LogP contribution in [-0.4, -0.2) is 0 Å². The molecule has 0 aliphatic heterocycles. The Labute approximate surface area is 285 Å². The lowest BCUT2D eigenvalue weighted by Gasteiger charge is -2.29. The first kappa shape index (κ1) is 39.6. The lowest BCUT2D eigenvalue weighted by molar-refractivity contribution is 0.302. The third-order valence-electron chi connectivity index (χ3n) is 11.2. The average Bonchev–Trinajstić information content (AvgIpc) is 3.07. The molecule has 0 aromatic heterocycles. The third kappa shape index (κ3) is 13.2. The Hall–Kier alpha value is -1.84. The maximum atomic E-state index is 14.3. The van der Waals surface area contributed by atoms with Crippen molar-refractivity contribution >= 4 is 0 Å². The molecular weight excluding hydrogens is 592 g/mol. The molecule has 0 nitrogen and oxygen atoms in total. The lowest BCUT2D eigenvalue weighted by Crippen LogP contribution is -2.14. The van der Waals surface area contributed by atoms with Crippen LogP contribution in [0.2, 0.25) is 0 Å². The molecule has 0 bridgehead atoms. The second kappa shape index (κ2) is 22.0. The normalized spacial score (nSPS) is 21.4. The first-order chi connectivity index (χ1) is 22.8. The van der Waals surface area contributed by atoms with Crippen LogP contribution in [0.15, 0.2) is 24.3 Å². The molecule has 266 valence electrons. The summed E-state index contributed by atoms with van der Waals surface area (Å²) in [6.45, 7) is 8.69. The fourth-order valence-corrected chi connectivity index (χ4v) is 8.04. The van der Waals surface area contributed by atoms with E-state index < -0.39 is 0 Å². The van der Waals surface area contributed by atoms with Crippen molar-refractivity contribution in [3.63, 3.8) is 0 Å². The number of unbranched alkanes of at least 4 members (excludes halogenated alkanes) is 7. The zero-order valence-corrected chi connectivity index (χ0v) is 30.4. The van der Waals surface area contributed by atoms with Crippen LogP contribution >= 0.6 is 0 Å². The van der Waals surface area contributed by atoms with Gasteiger partial charge in [0.2, 0.25) is 0 Å². The van der Waals surface area contributed by atoms with Crippen molar-refractivity contribution in [3.8, 4) is 0 Å². The van der Waals surface area contributed by atoms with Crippen molar-refractivity contribution in [2.75, 3.05) is 0 Å². The van der Waals surface area contributed by atoms with Crippen molar-refractivity contribution in [2.45, 2.75) is 187 Å². The standard InChI is InChI=1S/C22H34F2.C21H32F2/c1-3-5-7-9-17-11-13-18(14-12-17)19-15-21(23)20(22(24)16-19)10-8-6-4-2;1-3-5-7-9-19-20(22)14-18(15-21(19)23)17-12-10-16(11-13-17)8-6-4-2/h15-18H,3-14H2,1-2H3;14-17H,3-13H2,1-2H3. The highest BCUT2D eigenvalue weighted by molar-refractivity contribution is 5.30. The Morgan fingerprint density at radius 1 is 0.426 bits per heavy atom. The van der Waals surface area contributed by atoms with E-state index >= 15 is 0 Å². The molecule has 0 spiro atoms. The van der Waals surface area contributed by atoms with E-state index in [2.05, 4.69) is 27.7 Å². The molecular formula is C43H66F4. The first-order valence-electron chi connectivity index (χ1n) is 19.8. The summed E-state index contributed by atoms with van der Waals surface area (Å²) in [5, 5.41) is 0. The van der Waals surface area contributed by atoms with Crippen molar-refractivity contribution in [3.05, 3.63) is 69.8 Å². The fraction of sp³-hybridized carbons (Fsp3) is 0.721. The predicted octanol–water partition coefficient (Wildman–Crippen LogP) is 14.7. The predicted molar refractivity (Wildman–Crippen MR) is 192 cm³/mol. The summed E-state index contributed by atoms with van der Waals surface area (Å²) in [5.41, 5.74) is 2.35. The van der Waals surface area contributed by atoms with Crippen LogP contribution < -0.4 is 0 Å². The van der Waals surface area contributed by atoms with Crippen LogP contribution in [0.25, 0.3) is 0 Å². The van der Waals surface area contributed by atoms with Crippen molar-refractivity contribution < 1.29 is 17.6 Å². The Morgan fingerprint density at radius 3 is 1.09 bits per heavy atom. The summed E-state index contributed by atoms with van der Waals surface area (Å²) in [6.07, 6.45) is 25.4. The van der Waals surface area contributed by atoms with Gasteiger partial charge < -0.3 is 0 Å². The molecule has 2 aromatic carbocycles. The molecule has 47 heavy (non-hydrogen) atoms. The summed E-state index contributed by atoms with van der Waals surface area (Å²) in [6, 6.07) is 6.46. The van der Waals surface area contributed by atoms with Gasteiger partial charge in [0.25, 0.3) is 0 Å². The summed E-state index contributed by atoms with van der Waals surface area (Å²) >= 11 is 0. The van der Waals surface area contributed by atoms with Gasteiger partial charge in [0.15, 0.2) is 0 Å². The summed E-state index contributed by atoms with van der Waals surface area (Å²) in [4.78, 5) is 0. The molecule has 2 aromatic rings. The largest absolute Gasteiger partial charge is 0.207 e. The first-order valence-corrected chi connectivity index (χ1v) is 19.8. The SMILES string of the molecule is CCCCCc1c(F)cc(C2CCC(CCCC)CC2)cc1F.CCCCCc1c(F)cc(C2CCC(CCCCC)CC2)cc1F. The Bertz CT molecular complexity index is 1090. The van der Waals surface area contributed by atoms with Crippen LogP contribution in [0.1, 0.15) is 197 Å². The second-order valence-corrected chi connectivity index (χ2v) is 14.9. The fourth-order valence-electron chi connectivity index (χ4n) is 8.04. The Kier molecular flexibility index (Phi) is 18.5. The summed E-state index contributed by atoms with van der Waals surface area (Å²) in [5.74, 6) is 1.04. The van der Waals surface area contributed by atoms with Crippen molar-refractivity contribution in [2.24, 2.45) is 11.8 Å². The molecule has 0 radical (unpaired) electrons. The van der Waals surface area contributed by atoms with Gasteiger partial charge in [-0.05, 0) is 136 Å². The van der Waals surface area contributed by atoms with Gasteiger partial charge >= 0.3 is 0 Å². The van der Waals surface area contributed by atoms with Crippen molar-refractivity contribution in [1.29, 1.82) is 0 Å². The van der Waals surface area contributed by atoms with E-state index in [9.17, 15) is 17.6 Å². The Balaban J connectivity index is 0.000000256. The van der Waals surface area contributed by atoms with Crippen LogP contribution in [-0.2, 0) is 12.8 Å². The molecule has 0 amide bonds. The van der Waals surface area contributed by atoms with Crippen LogP contribution in [0.5, 0.6) is 0 Å². The number of hydrogen-bond donors (Lipinski definition) is 0. The highest BCUT2D eigenvalue weighted by Gasteiger charge is 2.25. The minimum Gasteiger partial charge on any atom is -0.207 e. The van der Waals surface area contributed by atoms with Gasteiger partial charge in [-0.1, -0.05) is 98.3 Å². The highest BCUT2D eigenvalue weighted by Crippen LogP contribution is 2.40. The lowest BCUT2D eigenvalue weighted by atomic mass is 9.77. The number of benzene rings is 2. The molecule has 2 aliphatic carbocycles. The average molecular weight is 659 g/mol. The van der Waals surface area contributed by atoms with E-state index in [1.165, 1.54) is 70.6 Å². The van der Waals surface area contributed by atoms with E-state index in [0.717, 1.165) is 87.2 Å². The van der Waals surface area contributed by atoms with E-state index in [-0.39, 0.29) is 23.3 Å². The molecule has 0 unspecified atom stereocenters. The van der Waals surface area contributed by atoms with Gasteiger partial charge in [-0.15, -0.1) is 0 Å². The van der Waals surface area contributed by atoms with E-state index in [1.807, 2.05) is 0 Å². The van der Waals surface area contributed by atoms with Crippen molar-refractivity contribution in [1.82, 2.24) is 0 Å². The Morgan fingerprint density at radius 2 is 0.745 bits per heavy atom. The van der Waals surface area contributed by atoms with Crippen LogP contribution in [0.3, 0.4) is 0 Å². The van der Waals surface area contributed by atoms with Gasteiger partial charge in [-0.3, -0.25) is 0 Å². The summed E-state index contributed by atoms with van der Waals surface area (Å²) < 4.78 is 57.3. The molecule has 0 N–H and O–H groups in total. The molecule has 4 heteroatoms. The summed E-state index contributed by atoms with van der Waals surface area (Å²) in [7, 11) is 0. The van der Waals surface area contributed by atoms with E-state index in [1.54, 1.807) is 24.3 Å². The molecule has 4 rings (SSSR count). The molecule has 2 fully saturated rings. The van der Waals surface area contributed by atoms with Gasteiger partial charge in [-0.25, -0.2) is 17.6 Å². The second-order valence-electron chi connectivity index (χ2n) is 14.9. The minimum atomic E-state index is -0.329. The van der Waals surface area contributed by atoms with Gasteiger partial charge in [0, 0.05) is 11.1 Å². The van der Waals surface area contributed by atoms with E-state index in [4.69, 9.17) is 0 Å². The highest BCUT2D eigenvalue weighted by atomic mass is 19.1. The third-order valence-corrected chi connectivity index (χ3v) is 11.2. The maximum Gasteiger partial charge on any atom is 0.129 e. The zero-order chi connectivity index (χ0) is 34.0. The number of hydrogen-bond acceptors (Lipinski definition) is 0. The van der Waals surface area contributed by atoms with Gasteiger partial charge in [0.05, 0.1) is 0 Å². The quantitative estimate of drug-likeness (QED) is 0.117. The topological polar surface area (TPSA) is 0 Å². The van der Waals surface area contributed by atoms with Crippen LogP contribution in [0.4, 0.5) is 17.6 Å². The number of rotatable bonds is 17. The van der Waals surface area contributed by atoms with E-state index in [0.29, 0.717) is 35.8 Å². The minimum absolute atomic E-state index is 0.291. The smallest absolute Gasteiger partial charge is 0.129 e. The molecule has 2 saturated carbocycles. The maximum absolute atomic E-state index is 14.3. The zero-order valence-electron chi connectivity index (χ0n) is 30.4. The molecule has 0 saturated heterocycles. The molecule has 2 aliphatic rings. The molecule has 0 heterocycles. The van der Waals surface area contributed by atoms with Crippen LogP contribution in [0, 0.1) is 35.1 Å². The molecule has 0 atom stereocenters. The van der Waals surface area contributed by atoms with Gasteiger partial charge in [-0.2, -0.15) is 0 Å². The monoisotopic (exact) mass is 659 g/mol.